The lowest BCUT2D eigenvalue weighted by Gasteiger charge is -2.36. The minimum absolute atomic E-state index is 0.0842. The van der Waals surface area contributed by atoms with Gasteiger partial charge in [0.05, 0.1) is 22.9 Å². The molecule has 0 radical (unpaired) electrons. The molecule has 4 rings (SSSR count). The molecule has 3 aromatic rings. The fourth-order valence-corrected chi connectivity index (χ4v) is 2.89. The molecule has 6 nitrogen and oxygen atoms in total. The van der Waals surface area contributed by atoms with E-state index in [0.717, 1.165) is 29.7 Å². The maximum absolute atomic E-state index is 5.87. The van der Waals surface area contributed by atoms with E-state index in [1.165, 1.54) is 6.42 Å². The van der Waals surface area contributed by atoms with Crippen molar-refractivity contribution in [3.05, 3.63) is 41.8 Å². The molecule has 1 aliphatic carbocycles. The second-order valence-electron chi connectivity index (χ2n) is 5.73. The van der Waals surface area contributed by atoms with Crippen LogP contribution in [0.3, 0.4) is 0 Å². The summed E-state index contributed by atoms with van der Waals surface area (Å²) in [7, 11) is 0. The Bertz CT molecular complexity index is 733. The smallest absolute Gasteiger partial charge is 0.234 e. The van der Waals surface area contributed by atoms with Crippen LogP contribution >= 0.6 is 0 Å². The predicted molar refractivity (Wildman–Crippen MR) is 77.8 cm³/mol. The maximum atomic E-state index is 5.87. The molecule has 0 saturated heterocycles. The molecule has 2 heterocycles. The number of nitrogens with two attached hydrogens (primary N) is 1. The summed E-state index contributed by atoms with van der Waals surface area (Å²) in [4.78, 5) is 12.3. The molecule has 1 saturated carbocycles. The largest absolute Gasteiger partial charge is 0.342 e. The number of nitrogens with one attached hydrogen (secondary N) is 1. The van der Waals surface area contributed by atoms with Gasteiger partial charge in [-0.1, -0.05) is 23.7 Å². The number of aromatic nitrogens is 4. The molecule has 6 heteroatoms. The van der Waals surface area contributed by atoms with Crippen molar-refractivity contribution < 1.29 is 4.52 Å². The van der Waals surface area contributed by atoms with Gasteiger partial charge >= 0.3 is 0 Å². The summed E-state index contributed by atoms with van der Waals surface area (Å²) >= 11 is 0. The van der Waals surface area contributed by atoms with Crippen LogP contribution in [0.25, 0.3) is 11.0 Å². The van der Waals surface area contributed by atoms with Crippen LogP contribution in [0.2, 0.25) is 0 Å². The number of benzene rings is 1. The molecule has 2 aromatic heterocycles. The van der Waals surface area contributed by atoms with Crippen molar-refractivity contribution in [2.24, 2.45) is 5.73 Å². The van der Waals surface area contributed by atoms with Crippen molar-refractivity contribution in [3.8, 4) is 0 Å². The zero-order valence-corrected chi connectivity index (χ0v) is 11.7. The molecule has 0 spiro atoms. The standard InChI is InChI=1S/C15H17N5O/c16-9-15(6-3-7-15)14-19-13(20-21-14)8-12-17-10-4-1-2-5-11(10)18-12/h1-2,4-5H,3,6-9,16H2,(H,17,18). The van der Waals surface area contributed by atoms with Crippen molar-refractivity contribution in [2.45, 2.75) is 31.1 Å². The van der Waals surface area contributed by atoms with E-state index in [4.69, 9.17) is 10.3 Å². The van der Waals surface area contributed by atoms with Crippen molar-refractivity contribution in [1.29, 1.82) is 0 Å². The Kier molecular flexibility index (Phi) is 2.78. The molecule has 3 N–H and O–H groups in total. The molecule has 0 bridgehead atoms. The van der Waals surface area contributed by atoms with E-state index in [9.17, 15) is 0 Å². The zero-order valence-electron chi connectivity index (χ0n) is 11.7. The first-order chi connectivity index (χ1) is 10.3. The van der Waals surface area contributed by atoms with Crippen LogP contribution in [0, 0.1) is 0 Å². The number of fused-ring (bicyclic) bond motifs is 1. The van der Waals surface area contributed by atoms with Gasteiger partial charge in [-0.3, -0.25) is 0 Å². The second kappa shape index (κ2) is 4.66. The molecule has 0 amide bonds. The Labute approximate surface area is 121 Å². The average Bonchev–Trinajstić information content (AvgIpc) is 3.05. The van der Waals surface area contributed by atoms with Gasteiger partial charge in [-0.25, -0.2) is 4.98 Å². The summed E-state index contributed by atoms with van der Waals surface area (Å²) in [6.45, 7) is 0.569. The van der Waals surface area contributed by atoms with Crippen molar-refractivity contribution >= 4 is 11.0 Å². The van der Waals surface area contributed by atoms with Crippen LogP contribution in [0.4, 0.5) is 0 Å². The van der Waals surface area contributed by atoms with Gasteiger partial charge in [-0.05, 0) is 25.0 Å². The molecule has 1 fully saturated rings. The van der Waals surface area contributed by atoms with E-state index in [2.05, 4.69) is 20.1 Å². The van der Waals surface area contributed by atoms with E-state index in [1.807, 2.05) is 24.3 Å². The van der Waals surface area contributed by atoms with Gasteiger partial charge in [0.25, 0.3) is 0 Å². The first-order valence-corrected chi connectivity index (χ1v) is 7.26. The van der Waals surface area contributed by atoms with E-state index < -0.39 is 0 Å². The van der Waals surface area contributed by atoms with Gasteiger partial charge in [-0.2, -0.15) is 4.98 Å². The molecule has 0 aliphatic heterocycles. The molecule has 0 atom stereocenters. The van der Waals surface area contributed by atoms with Crippen LogP contribution in [-0.4, -0.2) is 26.7 Å². The Morgan fingerprint density at radius 2 is 2.10 bits per heavy atom. The number of imidazole rings is 1. The van der Waals surface area contributed by atoms with Crippen molar-refractivity contribution in [1.82, 2.24) is 20.1 Å². The Morgan fingerprint density at radius 3 is 2.81 bits per heavy atom. The monoisotopic (exact) mass is 283 g/mol. The number of H-pyrrole nitrogens is 1. The normalized spacial score (nSPS) is 17.0. The van der Waals surface area contributed by atoms with Crippen LogP contribution in [0.1, 0.15) is 36.8 Å². The number of hydrogen-bond donors (Lipinski definition) is 2. The van der Waals surface area contributed by atoms with Gasteiger partial charge in [-0.15, -0.1) is 0 Å². The topological polar surface area (TPSA) is 93.6 Å². The second-order valence-corrected chi connectivity index (χ2v) is 5.73. The minimum atomic E-state index is -0.0842. The molecular formula is C15H17N5O. The van der Waals surface area contributed by atoms with Crippen molar-refractivity contribution in [3.63, 3.8) is 0 Å². The number of para-hydroxylation sites is 2. The summed E-state index contributed by atoms with van der Waals surface area (Å²) in [5.41, 5.74) is 7.76. The zero-order chi connectivity index (χ0) is 14.3. The summed E-state index contributed by atoms with van der Waals surface area (Å²) < 4.78 is 5.43. The summed E-state index contributed by atoms with van der Waals surface area (Å²) in [5.74, 6) is 2.19. The number of hydrogen-bond acceptors (Lipinski definition) is 5. The first kappa shape index (κ1) is 12.5. The SMILES string of the molecule is NCC1(c2nc(Cc3nc4ccccc4[nH]3)no2)CCC1. The Morgan fingerprint density at radius 1 is 1.24 bits per heavy atom. The lowest BCUT2D eigenvalue weighted by atomic mass is 9.69. The third-order valence-corrected chi connectivity index (χ3v) is 4.39. The lowest BCUT2D eigenvalue weighted by Crippen LogP contribution is -2.41. The summed E-state index contributed by atoms with van der Waals surface area (Å²) in [5, 5.41) is 4.08. The highest BCUT2D eigenvalue weighted by molar-refractivity contribution is 5.74. The third kappa shape index (κ3) is 2.03. The van der Waals surface area contributed by atoms with E-state index in [1.54, 1.807) is 0 Å². The molecular weight excluding hydrogens is 266 g/mol. The highest BCUT2D eigenvalue weighted by Gasteiger charge is 2.42. The van der Waals surface area contributed by atoms with Crippen molar-refractivity contribution in [2.75, 3.05) is 6.54 Å². The van der Waals surface area contributed by atoms with E-state index >= 15 is 0 Å². The minimum Gasteiger partial charge on any atom is -0.342 e. The van der Waals surface area contributed by atoms with Crippen LogP contribution in [-0.2, 0) is 11.8 Å². The predicted octanol–water partition coefficient (Wildman–Crippen LogP) is 1.92. The van der Waals surface area contributed by atoms with E-state index in [-0.39, 0.29) is 5.41 Å². The fourth-order valence-electron chi connectivity index (χ4n) is 2.89. The lowest BCUT2D eigenvalue weighted by molar-refractivity contribution is 0.181. The average molecular weight is 283 g/mol. The van der Waals surface area contributed by atoms with Gasteiger partial charge in [0, 0.05) is 6.54 Å². The molecule has 1 aromatic carbocycles. The third-order valence-electron chi connectivity index (χ3n) is 4.39. The number of rotatable bonds is 4. The summed E-state index contributed by atoms with van der Waals surface area (Å²) in [6.07, 6.45) is 3.79. The maximum Gasteiger partial charge on any atom is 0.234 e. The number of aromatic amines is 1. The number of nitrogens with zero attached hydrogens (tertiary/aromatic N) is 3. The molecule has 1 aliphatic rings. The first-order valence-electron chi connectivity index (χ1n) is 7.26. The molecule has 108 valence electrons. The van der Waals surface area contributed by atoms with Crippen LogP contribution in [0.5, 0.6) is 0 Å². The quantitative estimate of drug-likeness (QED) is 0.763. The van der Waals surface area contributed by atoms with Gasteiger partial charge < -0.3 is 15.2 Å². The van der Waals surface area contributed by atoms with Gasteiger partial charge in [0.1, 0.15) is 5.82 Å². The Hall–Kier alpha value is -2.21. The fraction of sp³-hybridized carbons (Fsp3) is 0.400. The van der Waals surface area contributed by atoms with Crippen LogP contribution in [0.15, 0.2) is 28.8 Å². The van der Waals surface area contributed by atoms with Gasteiger partial charge in [0.2, 0.25) is 5.89 Å². The highest BCUT2D eigenvalue weighted by Crippen LogP contribution is 2.41. The summed E-state index contributed by atoms with van der Waals surface area (Å²) in [6, 6.07) is 7.94. The van der Waals surface area contributed by atoms with Crippen LogP contribution < -0.4 is 5.73 Å². The highest BCUT2D eigenvalue weighted by atomic mass is 16.5. The van der Waals surface area contributed by atoms with Gasteiger partial charge in [0.15, 0.2) is 5.82 Å². The Balaban J connectivity index is 1.58. The van der Waals surface area contributed by atoms with E-state index in [0.29, 0.717) is 24.7 Å². The molecule has 0 unspecified atom stereocenters. The molecule has 21 heavy (non-hydrogen) atoms.